The van der Waals surface area contributed by atoms with Gasteiger partial charge in [-0.25, -0.2) is 5.84 Å². The van der Waals surface area contributed by atoms with Gasteiger partial charge >= 0.3 is 11.8 Å². The number of amides is 2. The first kappa shape index (κ1) is 11.5. The molecule has 1 rings (SSSR count). The lowest BCUT2D eigenvalue weighted by Crippen LogP contribution is -2.39. The highest BCUT2D eigenvalue weighted by molar-refractivity contribution is 7.98. The van der Waals surface area contributed by atoms with Crippen molar-refractivity contribution in [3.05, 3.63) is 24.3 Å². The van der Waals surface area contributed by atoms with Crippen LogP contribution in [0.25, 0.3) is 0 Å². The summed E-state index contributed by atoms with van der Waals surface area (Å²) in [5, 5.41) is 2.46. The Morgan fingerprint density at radius 2 is 1.93 bits per heavy atom. The van der Waals surface area contributed by atoms with E-state index in [1.54, 1.807) is 17.6 Å². The average Bonchev–Trinajstić information content (AvgIpc) is 2.28. The molecule has 0 aliphatic heterocycles. The first-order valence-electron chi connectivity index (χ1n) is 4.14. The maximum Gasteiger partial charge on any atom is 0.323 e. The fraction of sp³-hybridized carbons (Fsp3) is 0.111. The lowest BCUT2D eigenvalue weighted by atomic mass is 10.3. The van der Waals surface area contributed by atoms with Gasteiger partial charge in [0.15, 0.2) is 0 Å². The van der Waals surface area contributed by atoms with Crippen molar-refractivity contribution in [3.8, 4) is 0 Å². The SMILES string of the molecule is CSc1ccccc1NC(=O)C(=O)NN. The molecule has 1 aromatic rings. The third kappa shape index (κ3) is 2.97. The lowest BCUT2D eigenvalue weighted by Gasteiger charge is -2.07. The van der Waals surface area contributed by atoms with Crippen LogP contribution >= 0.6 is 11.8 Å². The minimum Gasteiger partial charge on any atom is -0.317 e. The molecule has 0 spiro atoms. The van der Waals surface area contributed by atoms with Crippen molar-refractivity contribution >= 4 is 29.3 Å². The molecule has 1 aromatic carbocycles. The number of anilines is 1. The van der Waals surface area contributed by atoms with E-state index in [1.165, 1.54) is 11.8 Å². The Balaban J connectivity index is 2.80. The van der Waals surface area contributed by atoms with Crippen molar-refractivity contribution in [1.82, 2.24) is 5.43 Å². The van der Waals surface area contributed by atoms with Gasteiger partial charge in [-0.15, -0.1) is 11.8 Å². The normalized spacial score (nSPS) is 9.47. The first-order chi connectivity index (χ1) is 7.19. The molecule has 0 unspecified atom stereocenters. The molecule has 0 saturated carbocycles. The van der Waals surface area contributed by atoms with Crippen molar-refractivity contribution in [3.63, 3.8) is 0 Å². The molecule has 15 heavy (non-hydrogen) atoms. The Morgan fingerprint density at radius 3 is 2.53 bits per heavy atom. The predicted molar refractivity (Wildman–Crippen MR) is 59.2 cm³/mol. The van der Waals surface area contributed by atoms with Gasteiger partial charge in [0, 0.05) is 4.90 Å². The maximum absolute atomic E-state index is 11.2. The zero-order valence-corrected chi connectivity index (χ0v) is 8.93. The fourth-order valence-electron chi connectivity index (χ4n) is 0.993. The second kappa shape index (κ2) is 5.38. The number of para-hydroxylation sites is 1. The van der Waals surface area contributed by atoms with Crippen LogP contribution in [0.4, 0.5) is 5.69 Å². The highest BCUT2D eigenvalue weighted by Gasteiger charge is 2.12. The van der Waals surface area contributed by atoms with Crippen LogP contribution in [-0.4, -0.2) is 18.1 Å². The Kier molecular flexibility index (Phi) is 4.14. The van der Waals surface area contributed by atoms with E-state index in [9.17, 15) is 9.59 Å². The van der Waals surface area contributed by atoms with Crippen molar-refractivity contribution < 1.29 is 9.59 Å². The molecular weight excluding hydrogens is 214 g/mol. The van der Waals surface area contributed by atoms with Crippen LogP contribution in [0, 0.1) is 0 Å². The largest absolute Gasteiger partial charge is 0.323 e. The lowest BCUT2D eigenvalue weighted by molar-refractivity contribution is -0.136. The van der Waals surface area contributed by atoms with E-state index < -0.39 is 11.8 Å². The highest BCUT2D eigenvalue weighted by atomic mass is 32.2. The van der Waals surface area contributed by atoms with Crippen LogP contribution < -0.4 is 16.6 Å². The van der Waals surface area contributed by atoms with Gasteiger partial charge in [-0.3, -0.25) is 15.0 Å². The van der Waals surface area contributed by atoms with E-state index in [0.717, 1.165) is 4.90 Å². The third-order valence-corrected chi connectivity index (χ3v) is 2.49. The van der Waals surface area contributed by atoms with Gasteiger partial charge in [-0.05, 0) is 18.4 Å². The predicted octanol–water partition coefficient (Wildman–Crippen LogP) is 0.337. The number of hydrogen-bond acceptors (Lipinski definition) is 4. The topological polar surface area (TPSA) is 84.2 Å². The van der Waals surface area contributed by atoms with E-state index in [4.69, 9.17) is 5.84 Å². The molecule has 0 saturated heterocycles. The molecule has 0 bridgehead atoms. The second-order valence-corrected chi connectivity index (χ2v) is 3.48. The Bertz CT molecular complexity index is 381. The van der Waals surface area contributed by atoms with E-state index in [0.29, 0.717) is 5.69 Å². The van der Waals surface area contributed by atoms with Crippen LogP contribution in [0.15, 0.2) is 29.2 Å². The molecule has 0 aromatic heterocycles. The number of nitrogens with two attached hydrogens (primary N) is 1. The summed E-state index contributed by atoms with van der Waals surface area (Å²) in [5.74, 6) is 3.18. The standard InChI is InChI=1S/C9H11N3O2S/c1-15-7-5-3-2-4-6(7)11-8(13)9(14)12-10/h2-5H,10H2,1H3,(H,11,13)(H,12,14). The molecule has 0 fully saturated rings. The Morgan fingerprint density at radius 1 is 1.27 bits per heavy atom. The van der Waals surface area contributed by atoms with Crippen molar-refractivity contribution in [2.24, 2.45) is 5.84 Å². The molecule has 2 amide bonds. The summed E-state index contributed by atoms with van der Waals surface area (Å²) < 4.78 is 0. The van der Waals surface area contributed by atoms with Gasteiger partial charge in [0.25, 0.3) is 0 Å². The van der Waals surface area contributed by atoms with Crippen molar-refractivity contribution in [2.45, 2.75) is 4.90 Å². The molecule has 0 aliphatic rings. The number of carbonyl (C=O) groups is 2. The molecule has 6 heteroatoms. The summed E-state index contributed by atoms with van der Waals surface area (Å²) in [7, 11) is 0. The van der Waals surface area contributed by atoms with Gasteiger partial charge in [0.05, 0.1) is 5.69 Å². The van der Waals surface area contributed by atoms with Crippen LogP contribution in [0.5, 0.6) is 0 Å². The number of nitrogens with one attached hydrogen (secondary N) is 2. The molecular formula is C9H11N3O2S. The minimum absolute atomic E-state index is 0.596. The van der Waals surface area contributed by atoms with Crippen LogP contribution in [0.3, 0.4) is 0 Å². The van der Waals surface area contributed by atoms with E-state index in [2.05, 4.69) is 5.32 Å². The zero-order valence-electron chi connectivity index (χ0n) is 8.11. The number of hydrogen-bond donors (Lipinski definition) is 3. The molecule has 0 aliphatic carbocycles. The molecule has 4 N–H and O–H groups in total. The van der Waals surface area contributed by atoms with Crippen molar-refractivity contribution in [2.75, 3.05) is 11.6 Å². The van der Waals surface area contributed by atoms with Gasteiger partial charge in [0.1, 0.15) is 0 Å². The number of thioether (sulfide) groups is 1. The minimum atomic E-state index is -0.870. The van der Waals surface area contributed by atoms with E-state index in [1.807, 2.05) is 18.4 Å². The van der Waals surface area contributed by atoms with Crippen LogP contribution in [0.2, 0.25) is 0 Å². The van der Waals surface area contributed by atoms with Crippen LogP contribution in [0.1, 0.15) is 0 Å². The van der Waals surface area contributed by atoms with Gasteiger partial charge in [-0.1, -0.05) is 12.1 Å². The summed E-state index contributed by atoms with van der Waals surface area (Å²) in [6.45, 7) is 0. The quantitative estimate of drug-likeness (QED) is 0.223. The molecule has 80 valence electrons. The van der Waals surface area contributed by atoms with Crippen LogP contribution in [-0.2, 0) is 9.59 Å². The Hall–Kier alpha value is -1.53. The summed E-state index contributed by atoms with van der Waals surface area (Å²) >= 11 is 1.48. The number of hydrazine groups is 1. The van der Waals surface area contributed by atoms with Gasteiger partial charge < -0.3 is 5.32 Å². The van der Waals surface area contributed by atoms with Crippen molar-refractivity contribution in [1.29, 1.82) is 0 Å². The summed E-state index contributed by atoms with van der Waals surface area (Å²) in [4.78, 5) is 22.9. The number of rotatable bonds is 2. The first-order valence-corrected chi connectivity index (χ1v) is 5.36. The summed E-state index contributed by atoms with van der Waals surface area (Å²) in [5.41, 5.74) is 2.36. The molecule has 5 nitrogen and oxygen atoms in total. The summed E-state index contributed by atoms with van der Waals surface area (Å²) in [6.07, 6.45) is 1.88. The molecule has 0 heterocycles. The highest BCUT2D eigenvalue weighted by Crippen LogP contribution is 2.24. The summed E-state index contributed by atoms with van der Waals surface area (Å²) in [6, 6.07) is 7.19. The van der Waals surface area contributed by atoms with Gasteiger partial charge in [0.2, 0.25) is 0 Å². The number of benzene rings is 1. The van der Waals surface area contributed by atoms with E-state index >= 15 is 0 Å². The fourth-order valence-corrected chi connectivity index (χ4v) is 1.55. The maximum atomic E-state index is 11.2. The smallest absolute Gasteiger partial charge is 0.317 e. The average molecular weight is 225 g/mol. The number of carbonyl (C=O) groups excluding carboxylic acids is 2. The second-order valence-electron chi connectivity index (χ2n) is 2.63. The molecule has 0 radical (unpaired) electrons. The monoisotopic (exact) mass is 225 g/mol. The van der Waals surface area contributed by atoms with Gasteiger partial charge in [-0.2, -0.15) is 0 Å². The molecule has 0 atom stereocenters. The third-order valence-electron chi connectivity index (χ3n) is 1.69. The zero-order chi connectivity index (χ0) is 11.3. The Labute approximate surface area is 91.4 Å². The van der Waals surface area contributed by atoms with E-state index in [-0.39, 0.29) is 0 Å².